The third-order valence-corrected chi connectivity index (χ3v) is 4.22. The zero-order chi connectivity index (χ0) is 13.4. The van der Waals surface area contributed by atoms with Gasteiger partial charge in [0.1, 0.15) is 5.82 Å². The van der Waals surface area contributed by atoms with Crippen molar-refractivity contribution in [3.63, 3.8) is 0 Å². The minimum absolute atomic E-state index is 0. The summed E-state index contributed by atoms with van der Waals surface area (Å²) in [5.74, 6) is 1.11. The fourth-order valence-electron chi connectivity index (χ4n) is 2.78. The van der Waals surface area contributed by atoms with Crippen molar-refractivity contribution in [1.29, 1.82) is 0 Å². The first-order valence-electron chi connectivity index (χ1n) is 6.68. The molecule has 2 heterocycles. The van der Waals surface area contributed by atoms with Crippen LogP contribution >= 0.6 is 24.0 Å². The molecule has 20 heavy (non-hydrogen) atoms. The number of aromatic nitrogens is 2. The predicted octanol–water partition coefficient (Wildman–Crippen LogP) is 2.44. The van der Waals surface area contributed by atoms with Gasteiger partial charge in [-0.05, 0) is 31.7 Å². The number of nitrogens with one attached hydrogen (secondary N) is 1. The molecule has 0 aliphatic carbocycles. The lowest BCUT2D eigenvalue weighted by atomic mass is 10.3. The van der Waals surface area contributed by atoms with E-state index in [2.05, 4.69) is 21.8 Å². The second-order valence-electron chi connectivity index (χ2n) is 5.23. The Labute approximate surface area is 130 Å². The number of likely N-dealkylation sites (N-methyl/N-ethyl adjacent to an activating group) is 1. The van der Waals surface area contributed by atoms with Crippen molar-refractivity contribution in [1.82, 2.24) is 19.8 Å². The van der Waals surface area contributed by atoms with Gasteiger partial charge in [0.15, 0.2) is 0 Å². The first kappa shape index (κ1) is 15.6. The van der Waals surface area contributed by atoms with E-state index >= 15 is 0 Å². The number of benzene rings is 1. The first-order valence-corrected chi connectivity index (χ1v) is 7.05. The average molecular weight is 315 g/mol. The molecule has 1 unspecified atom stereocenters. The maximum atomic E-state index is 6.02. The summed E-state index contributed by atoms with van der Waals surface area (Å²) in [7, 11) is 4.11. The number of imidazole rings is 1. The Morgan fingerprint density at radius 2 is 2.25 bits per heavy atom. The quantitative estimate of drug-likeness (QED) is 0.944. The monoisotopic (exact) mass is 314 g/mol. The molecule has 1 fully saturated rings. The summed E-state index contributed by atoms with van der Waals surface area (Å²) < 4.78 is 2.17. The summed E-state index contributed by atoms with van der Waals surface area (Å²) in [4.78, 5) is 7.15. The van der Waals surface area contributed by atoms with Crippen molar-refractivity contribution in [3.05, 3.63) is 29.0 Å². The molecule has 1 aromatic carbocycles. The summed E-state index contributed by atoms with van der Waals surface area (Å²) in [6.07, 6.45) is 1.21. The van der Waals surface area contributed by atoms with E-state index in [9.17, 15) is 0 Å². The van der Waals surface area contributed by atoms with Gasteiger partial charge in [-0.15, -0.1) is 12.4 Å². The molecule has 0 spiro atoms. The van der Waals surface area contributed by atoms with E-state index in [0.29, 0.717) is 6.04 Å². The summed E-state index contributed by atoms with van der Waals surface area (Å²) >= 11 is 6.02. The molecule has 3 rings (SSSR count). The highest BCUT2D eigenvalue weighted by atomic mass is 35.5. The molecule has 4 nitrogen and oxygen atoms in total. The van der Waals surface area contributed by atoms with Crippen LogP contribution in [0, 0.1) is 0 Å². The molecule has 1 saturated heterocycles. The Morgan fingerprint density at radius 1 is 1.45 bits per heavy atom. The van der Waals surface area contributed by atoms with Gasteiger partial charge in [-0.25, -0.2) is 4.98 Å². The number of rotatable bonds is 3. The highest BCUT2D eigenvalue weighted by molar-refractivity contribution is 6.31. The van der Waals surface area contributed by atoms with E-state index in [-0.39, 0.29) is 12.4 Å². The maximum absolute atomic E-state index is 6.02. The molecule has 0 bridgehead atoms. The van der Waals surface area contributed by atoms with Gasteiger partial charge in [0, 0.05) is 31.2 Å². The van der Waals surface area contributed by atoms with Crippen molar-refractivity contribution < 1.29 is 0 Å². The van der Waals surface area contributed by atoms with Crippen LogP contribution < -0.4 is 5.32 Å². The van der Waals surface area contributed by atoms with E-state index in [1.165, 1.54) is 6.42 Å². The zero-order valence-electron chi connectivity index (χ0n) is 11.8. The lowest BCUT2D eigenvalue weighted by Crippen LogP contribution is -2.29. The van der Waals surface area contributed by atoms with E-state index < -0.39 is 0 Å². The van der Waals surface area contributed by atoms with Crippen LogP contribution in [-0.4, -0.2) is 40.6 Å². The maximum Gasteiger partial charge on any atom is 0.123 e. The minimum atomic E-state index is 0. The van der Waals surface area contributed by atoms with Gasteiger partial charge in [-0.1, -0.05) is 11.6 Å². The fourth-order valence-corrected chi connectivity index (χ4v) is 2.94. The lowest BCUT2D eigenvalue weighted by Gasteiger charge is -2.15. The standard InChI is InChI=1S/C14H19ClN4.ClH/c1-16-11-5-6-19(8-11)9-14-17-12-7-10(15)3-4-13(12)18(14)2;/h3-4,7,11,16H,5-6,8-9H2,1-2H3;1H. The number of hydrogen-bond donors (Lipinski definition) is 1. The van der Waals surface area contributed by atoms with Gasteiger partial charge in [-0.3, -0.25) is 4.90 Å². The smallest absolute Gasteiger partial charge is 0.123 e. The molecular weight excluding hydrogens is 295 g/mol. The second-order valence-corrected chi connectivity index (χ2v) is 5.67. The Balaban J connectivity index is 0.00000147. The van der Waals surface area contributed by atoms with Crippen molar-refractivity contribution in [3.8, 4) is 0 Å². The van der Waals surface area contributed by atoms with Crippen LogP contribution in [0.2, 0.25) is 5.02 Å². The van der Waals surface area contributed by atoms with Crippen molar-refractivity contribution >= 4 is 35.0 Å². The number of fused-ring (bicyclic) bond motifs is 1. The average Bonchev–Trinajstić information content (AvgIpc) is 2.96. The number of hydrogen-bond acceptors (Lipinski definition) is 3. The molecule has 2 aromatic rings. The van der Waals surface area contributed by atoms with E-state index in [0.717, 1.165) is 41.5 Å². The Morgan fingerprint density at radius 3 is 2.95 bits per heavy atom. The third kappa shape index (κ3) is 2.93. The highest BCUT2D eigenvalue weighted by Gasteiger charge is 2.22. The van der Waals surface area contributed by atoms with Crippen LogP contribution in [0.1, 0.15) is 12.2 Å². The SMILES string of the molecule is CNC1CCN(Cc2nc3cc(Cl)ccc3n2C)C1.Cl. The van der Waals surface area contributed by atoms with Crippen LogP contribution in [0.25, 0.3) is 11.0 Å². The molecule has 0 saturated carbocycles. The van der Waals surface area contributed by atoms with Crippen molar-refractivity contribution in [2.45, 2.75) is 19.0 Å². The number of halogens is 2. The topological polar surface area (TPSA) is 33.1 Å². The predicted molar refractivity (Wildman–Crippen MR) is 85.7 cm³/mol. The number of aryl methyl sites for hydroxylation is 1. The van der Waals surface area contributed by atoms with Crippen LogP contribution in [-0.2, 0) is 13.6 Å². The number of likely N-dealkylation sites (tertiary alicyclic amines) is 1. The molecule has 1 aliphatic rings. The number of nitrogens with zero attached hydrogens (tertiary/aromatic N) is 3. The molecule has 110 valence electrons. The van der Waals surface area contributed by atoms with Gasteiger partial charge in [0.2, 0.25) is 0 Å². The van der Waals surface area contributed by atoms with E-state index in [1.807, 2.05) is 25.2 Å². The summed E-state index contributed by atoms with van der Waals surface area (Å²) in [5.41, 5.74) is 2.12. The molecule has 0 amide bonds. The van der Waals surface area contributed by atoms with Crippen LogP contribution in [0.3, 0.4) is 0 Å². The Bertz CT molecular complexity index is 596. The summed E-state index contributed by atoms with van der Waals surface area (Å²) in [5, 5.41) is 4.09. The largest absolute Gasteiger partial charge is 0.330 e. The van der Waals surface area contributed by atoms with E-state index in [4.69, 9.17) is 16.6 Å². The molecular formula is C14H20Cl2N4. The Kier molecular flexibility index (Phi) is 4.91. The molecule has 1 atom stereocenters. The molecule has 0 radical (unpaired) electrons. The van der Waals surface area contributed by atoms with Gasteiger partial charge in [-0.2, -0.15) is 0 Å². The van der Waals surface area contributed by atoms with Crippen LogP contribution in [0.5, 0.6) is 0 Å². The minimum Gasteiger partial charge on any atom is -0.330 e. The highest BCUT2D eigenvalue weighted by Crippen LogP contribution is 2.21. The second kappa shape index (κ2) is 6.31. The summed E-state index contributed by atoms with van der Waals surface area (Å²) in [6, 6.07) is 6.50. The third-order valence-electron chi connectivity index (χ3n) is 3.98. The first-order chi connectivity index (χ1) is 9.17. The van der Waals surface area contributed by atoms with Crippen LogP contribution in [0.15, 0.2) is 18.2 Å². The molecule has 1 N–H and O–H groups in total. The van der Waals surface area contributed by atoms with Gasteiger partial charge < -0.3 is 9.88 Å². The zero-order valence-corrected chi connectivity index (χ0v) is 13.3. The molecule has 1 aromatic heterocycles. The van der Waals surface area contributed by atoms with Gasteiger partial charge in [0.05, 0.1) is 17.6 Å². The van der Waals surface area contributed by atoms with Gasteiger partial charge in [0.25, 0.3) is 0 Å². The van der Waals surface area contributed by atoms with Crippen molar-refractivity contribution in [2.24, 2.45) is 7.05 Å². The fraction of sp³-hybridized carbons (Fsp3) is 0.500. The lowest BCUT2D eigenvalue weighted by molar-refractivity contribution is 0.311. The van der Waals surface area contributed by atoms with Crippen molar-refractivity contribution in [2.75, 3.05) is 20.1 Å². The molecule has 1 aliphatic heterocycles. The van der Waals surface area contributed by atoms with Gasteiger partial charge >= 0.3 is 0 Å². The Hall–Kier alpha value is -0.810. The normalized spacial score (nSPS) is 19.4. The summed E-state index contributed by atoms with van der Waals surface area (Å²) in [6.45, 7) is 3.14. The molecule has 6 heteroatoms. The van der Waals surface area contributed by atoms with Crippen LogP contribution in [0.4, 0.5) is 0 Å². The van der Waals surface area contributed by atoms with E-state index in [1.54, 1.807) is 0 Å².